The lowest BCUT2D eigenvalue weighted by molar-refractivity contribution is -0.0219. The lowest BCUT2D eigenvalue weighted by Gasteiger charge is -2.40. The van der Waals surface area contributed by atoms with Crippen molar-refractivity contribution in [1.29, 1.82) is 0 Å². The van der Waals surface area contributed by atoms with E-state index < -0.39 is 18.3 Å². The molecule has 1 amide bonds. The summed E-state index contributed by atoms with van der Waals surface area (Å²) < 4.78 is 26.5. The van der Waals surface area contributed by atoms with E-state index in [1.165, 1.54) is 0 Å². The van der Waals surface area contributed by atoms with E-state index in [1.54, 1.807) is 22.7 Å². The fourth-order valence-electron chi connectivity index (χ4n) is 4.76. The van der Waals surface area contributed by atoms with E-state index in [2.05, 4.69) is 24.3 Å². The van der Waals surface area contributed by atoms with Gasteiger partial charge in [-0.1, -0.05) is 32.0 Å². The first-order chi connectivity index (χ1) is 18.1. The van der Waals surface area contributed by atoms with Gasteiger partial charge in [0.1, 0.15) is 24.2 Å². The molecule has 1 atom stereocenters. The molecule has 10 heteroatoms. The number of piperidine rings is 1. The van der Waals surface area contributed by atoms with Gasteiger partial charge in [-0.05, 0) is 71.4 Å². The maximum Gasteiger partial charge on any atom is 0.410 e. The average molecular weight is 556 g/mol. The topological polar surface area (TPSA) is 98.1 Å². The molecular formula is C29H42N5O4P. The summed E-state index contributed by atoms with van der Waals surface area (Å²) in [5, 5.41) is 8.94. The van der Waals surface area contributed by atoms with Crippen molar-refractivity contribution in [2.45, 2.75) is 78.0 Å². The van der Waals surface area contributed by atoms with Gasteiger partial charge in [0.2, 0.25) is 5.88 Å². The van der Waals surface area contributed by atoms with Crippen LogP contribution in [0.25, 0.3) is 5.65 Å². The smallest absolute Gasteiger partial charge is 0.410 e. The molecule has 1 N–H and O–H groups in total. The Morgan fingerprint density at radius 3 is 2.64 bits per heavy atom. The summed E-state index contributed by atoms with van der Waals surface area (Å²) in [5.74, 6) is 1.44. The number of hydrogen-bond acceptors (Lipinski definition) is 7. The third kappa shape index (κ3) is 7.13. The molecule has 212 valence electrons. The Hall–Kier alpha value is -3.06. The summed E-state index contributed by atoms with van der Waals surface area (Å²) >= 11 is 0. The highest BCUT2D eigenvalue weighted by Gasteiger charge is 2.37. The SMILES string of the molecule is CC(C)c1cnn2c(NCc3cccc(P(C)(C)=O)c3)cc(OC3(C)CCCN(C(=O)OC(C)(C)C)C3)nc12. The highest BCUT2D eigenvalue weighted by molar-refractivity contribution is 7.70. The Balaban J connectivity index is 1.61. The number of amides is 1. The Morgan fingerprint density at radius 1 is 1.23 bits per heavy atom. The number of anilines is 1. The number of carbonyl (C=O) groups excluding carboxylic acids is 1. The van der Waals surface area contributed by atoms with Crippen LogP contribution in [0.3, 0.4) is 0 Å². The van der Waals surface area contributed by atoms with Crippen molar-refractivity contribution in [2.24, 2.45) is 0 Å². The van der Waals surface area contributed by atoms with Gasteiger partial charge >= 0.3 is 6.09 Å². The molecule has 1 unspecified atom stereocenters. The first-order valence-corrected chi connectivity index (χ1v) is 16.2. The van der Waals surface area contributed by atoms with Crippen molar-refractivity contribution in [3.63, 3.8) is 0 Å². The molecule has 1 aromatic carbocycles. The largest absolute Gasteiger partial charge is 0.469 e. The summed E-state index contributed by atoms with van der Waals surface area (Å²) in [6.07, 6.45) is 3.12. The summed E-state index contributed by atoms with van der Waals surface area (Å²) in [6, 6.07) is 9.71. The zero-order chi connectivity index (χ0) is 28.6. The molecule has 0 aliphatic carbocycles. The first-order valence-electron chi connectivity index (χ1n) is 13.6. The van der Waals surface area contributed by atoms with Crippen LogP contribution < -0.4 is 15.4 Å². The van der Waals surface area contributed by atoms with Crippen LogP contribution in [0.2, 0.25) is 0 Å². The van der Waals surface area contributed by atoms with Gasteiger partial charge in [0.15, 0.2) is 5.65 Å². The van der Waals surface area contributed by atoms with E-state index in [9.17, 15) is 9.36 Å². The quantitative estimate of drug-likeness (QED) is 0.364. The number of fused-ring (bicyclic) bond motifs is 1. The van der Waals surface area contributed by atoms with Crippen molar-refractivity contribution in [1.82, 2.24) is 19.5 Å². The molecule has 1 fully saturated rings. The highest BCUT2D eigenvalue weighted by atomic mass is 31.2. The number of aromatic nitrogens is 3. The number of ether oxygens (including phenoxy) is 2. The van der Waals surface area contributed by atoms with Crippen LogP contribution >= 0.6 is 7.14 Å². The molecule has 3 heterocycles. The minimum atomic E-state index is -2.36. The monoisotopic (exact) mass is 555 g/mol. The van der Waals surface area contributed by atoms with Crippen LogP contribution in [0.15, 0.2) is 36.5 Å². The van der Waals surface area contributed by atoms with E-state index in [0.717, 1.165) is 40.7 Å². The van der Waals surface area contributed by atoms with Gasteiger partial charge in [0.25, 0.3) is 0 Å². The Kier molecular flexibility index (Phi) is 8.04. The van der Waals surface area contributed by atoms with Crippen molar-refractivity contribution < 1.29 is 18.8 Å². The molecule has 1 aliphatic rings. The van der Waals surface area contributed by atoms with Crippen LogP contribution in [-0.4, -0.2) is 63.2 Å². The van der Waals surface area contributed by atoms with Gasteiger partial charge in [0, 0.05) is 30.0 Å². The predicted molar refractivity (Wildman–Crippen MR) is 156 cm³/mol. The number of likely N-dealkylation sites (tertiary alicyclic amines) is 1. The predicted octanol–water partition coefficient (Wildman–Crippen LogP) is 5.88. The molecule has 1 aliphatic heterocycles. The zero-order valence-electron chi connectivity index (χ0n) is 24.4. The molecular weight excluding hydrogens is 513 g/mol. The number of hydrogen-bond donors (Lipinski definition) is 1. The number of nitrogens with zero attached hydrogens (tertiary/aromatic N) is 4. The lowest BCUT2D eigenvalue weighted by atomic mass is 9.95. The third-order valence-corrected chi connectivity index (χ3v) is 8.29. The maximum atomic E-state index is 12.8. The summed E-state index contributed by atoms with van der Waals surface area (Å²) in [6.45, 7) is 17.0. The third-order valence-electron chi connectivity index (χ3n) is 6.77. The van der Waals surface area contributed by atoms with Crippen molar-refractivity contribution in [3.8, 4) is 5.88 Å². The Bertz CT molecular complexity index is 1390. The maximum absolute atomic E-state index is 12.8. The van der Waals surface area contributed by atoms with Crippen LogP contribution in [0.4, 0.5) is 10.6 Å². The van der Waals surface area contributed by atoms with E-state index in [0.29, 0.717) is 25.5 Å². The van der Waals surface area contributed by atoms with Gasteiger partial charge in [-0.3, -0.25) is 0 Å². The normalized spacial score (nSPS) is 18.4. The molecule has 39 heavy (non-hydrogen) atoms. The standard InChI is InChI=1S/C29H42N5O4P/c1-20(2)23-18-31-34-24(30-17-21-11-9-12-22(15-21)39(7,8)36)16-25(32-26(23)34)37-29(6)13-10-14-33(19-29)27(35)38-28(3,4)5/h9,11-12,15-16,18,20,30H,10,13-14,17,19H2,1-8H3. The molecule has 0 saturated carbocycles. The van der Waals surface area contributed by atoms with Gasteiger partial charge in [-0.25, -0.2) is 4.79 Å². The van der Waals surface area contributed by atoms with Crippen molar-refractivity contribution >= 4 is 30.0 Å². The molecule has 0 spiro atoms. The number of benzene rings is 1. The van der Waals surface area contributed by atoms with Crippen molar-refractivity contribution in [3.05, 3.63) is 47.7 Å². The van der Waals surface area contributed by atoms with Crippen LogP contribution in [-0.2, 0) is 15.8 Å². The van der Waals surface area contributed by atoms with E-state index >= 15 is 0 Å². The van der Waals surface area contributed by atoms with Gasteiger partial charge in [-0.2, -0.15) is 14.6 Å². The molecule has 9 nitrogen and oxygen atoms in total. The molecule has 1 saturated heterocycles. The number of nitrogens with one attached hydrogen (secondary N) is 1. The van der Waals surface area contributed by atoms with Gasteiger partial charge in [-0.15, -0.1) is 0 Å². The average Bonchev–Trinajstić information content (AvgIpc) is 3.25. The Morgan fingerprint density at radius 2 is 1.97 bits per heavy atom. The minimum Gasteiger partial charge on any atom is -0.469 e. The van der Waals surface area contributed by atoms with E-state index in [-0.39, 0.29) is 12.0 Å². The molecule has 2 aromatic heterocycles. The first kappa shape index (κ1) is 28.9. The molecule has 3 aromatic rings. The minimum absolute atomic E-state index is 0.228. The summed E-state index contributed by atoms with van der Waals surface area (Å²) in [4.78, 5) is 19.3. The van der Waals surface area contributed by atoms with Crippen LogP contribution in [0, 0.1) is 0 Å². The molecule has 0 radical (unpaired) electrons. The summed E-state index contributed by atoms with van der Waals surface area (Å²) in [5.41, 5.74) is 1.60. The second-order valence-electron chi connectivity index (χ2n) is 12.4. The van der Waals surface area contributed by atoms with E-state index in [1.807, 2.05) is 64.2 Å². The summed E-state index contributed by atoms with van der Waals surface area (Å²) in [7, 11) is -2.36. The molecule has 0 bridgehead atoms. The second kappa shape index (κ2) is 10.8. The van der Waals surface area contributed by atoms with Gasteiger partial charge < -0.3 is 24.3 Å². The van der Waals surface area contributed by atoms with Crippen LogP contribution in [0.5, 0.6) is 5.88 Å². The second-order valence-corrected chi connectivity index (χ2v) is 15.6. The fraction of sp³-hybridized carbons (Fsp3) is 0.552. The Labute approximate surface area is 231 Å². The zero-order valence-corrected chi connectivity index (χ0v) is 25.3. The van der Waals surface area contributed by atoms with E-state index in [4.69, 9.17) is 14.5 Å². The van der Waals surface area contributed by atoms with Crippen LogP contribution in [0.1, 0.15) is 71.4 Å². The number of rotatable bonds is 7. The highest BCUT2D eigenvalue weighted by Crippen LogP contribution is 2.35. The lowest BCUT2D eigenvalue weighted by Crippen LogP contribution is -2.52. The van der Waals surface area contributed by atoms with Gasteiger partial charge in [0.05, 0.1) is 12.7 Å². The fourth-order valence-corrected chi connectivity index (χ4v) is 5.68. The van der Waals surface area contributed by atoms with Crippen molar-refractivity contribution in [2.75, 3.05) is 31.7 Å². The molecule has 4 rings (SSSR count). The number of carbonyl (C=O) groups is 1.